The number of hydrogen-bond donors (Lipinski definition) is 0. The Hall–Kier alpha value is -1.88. The number of nitrogens with zero attached hydrogens (tertiary/aromatic N) is 3. The highest BCUT2D eigenvalue weighted by Crippen LogP contribution is 2.26. The highest BCUT2D eigenvalue weighted by Gasteiger charge is 2.08. The Bertz CT molecular complexity index is 595. The van der Waals surface area contributed by atoms with Gasteiger partial charge in [0.05, 0.1) is 5.02 Å². The molecule has 0 atom stereocenters. The van der Waals surface area contributed by atoms with Crippen LogP contribution < -0.4 is 4.74 Å². The van der Waals surface area contributed by atoms with Crippen LogP contribution in [0.15, 0.2) is 24.5 Å². The molecule has 0 bridgehead atoms. The maximum absolute atomic E-state index is 11.2. The summed E-state index contributed by atoms with van der Waals surface area (Å²) in [4.78, 5) is 15.3. The number of aryl methyl sites for hydroxylation is 1. The van der Waals surface area contributed by atoms with Gasteiger partial charge in [-0.2, -0.15) is 5.10 Å². The van der Waals surface area contributed by atoms with Crippen molar-refractivity contribution in [2.24, 2.45) is 0 Å². The smallest absolute Gasteiger partial charge is 0.164 e. The van der Waals surface area contributed by atoms with Gasteiger partial charge in [-0.05, 0) is 32.0 Å². The quantitative estimate of drug-likeness (QED) is 0.790. The van der Waals surface area contributed by atoms with Crippen LogP contribution in [0.1, 0.15) is 30.0 Å². The van der Waals surface area contributed by atoms with Crippen molar-refractivity contribution in [3.8, 4) is 5.75 Å². The van der Waals surface area contributed by atoms with E-state index in [-0.39, 0.29) is 12.4 Å². The average Bonchev–Trinajstić information content (AvgIpc) is 2.84. The molecule has 0 aliphatic heterocycles. The number of benzene rings is 1. The highest BCUT2D eigenvalue weighted by molar-refractivity contribution is 6.32. The van der Waals surface area contributed by atoms with Gasteiger partial charge in [0, 0.05) is 12.1 Å². The molecule has 1 heterocycles. The summed E-state index contributed by atoms with van der Waals surface area (Å²) in [5.41, 5.74) is 0.564. The van der Waals surface area contributed by atoms with Crippen LogP contribution in [0.4, 0.5) is 0 Å². The lowest BCUT2D eigenvalue weighted by Gasteiger charge is -2.09. The minimum absolute atomic E-state index is 0.0285. The van der Waals surface area contributed by atoms with Crippen LogP contribution in [0.5, 0.6) is 5.75 Å². The Kier molecular flexibility index (Phi) is 4.16. The molecular formula is C13H14ClN3O2. The Balaban J connectivity index is 2.10. The third kappa shape index (κ3) is 3.12. The Morgan fingerprint density at radius 2 is 2.26 bits per heavy atom. The summed E-state index contributed by atoms with van der Waals surface area (Å²) >= 11 is 6.07. The van der Waals surface area contributed by atoms with Gasteiger partial charge in [-0.1, -0.05) is 11.6 Å². The molecule has 0 N–H and O–H groups in total. The van der Waals surface area contributed by atoms with E-state index in [0.29, 0.717) is 16.3 Å². The van der Waals surface area contributed by atoms with E-state index in [1.807, 2.05) is 6.92 Å². The van der Waals surface area contributed by atoms with Gasteiger partial charge in [0.2, 0.25) is 0 Å². The first-order chi connectivity index (χ1) is 9.11. The predicted octanol–water partition coefficient (Wildman–Crippen LogP) is 2.73. The number of hydrogen-bond acceptors (Lipinski definition) is 4. The van der Waals surface area contributed by atoms with Crippen LogP contribution in [0.25, 0.3) is 0 Å². The number of ether oxygens (including phenoxy) is 1. The van der Waals surface area contributed by atoms with Crippen molar-refractivity contribution < 1.29 is 9.53 Å². The first-order valence-corrected chi connectivity index (χ1v) is 6.29. The first kappa shape index (κ1) is 13.5. The summed E-state index contributed by atoms with van der Waals surface area (Å²) in [6.07, 6.45) is 1.49. The largest absolute Gasteiger partial charge is 0.484 e. The normalized spacial score (nSPS) is 10.5. The molecule has 1 aromatic carbocycles. The molecular weight excluding hydrogens is 266 g/mol. The molecule has 0 aliphatic rings. The third-order valence-electron chi connectivity index (χ3n) is 2.69. The van der Waals surface area contributed by atoms with E-state index in [1.54, 1.807) is 22.9 Å². The second-order valence-electron chi connectivity index (χ2n) is 3.98. The topological polar surface area (TPSA) is 57.0 Å². The van der Waals surface area contributed by atoms with Gasteiger partial charge in [0.15, 0.2) is 11.6 Å². The zero-order valence-corrected chi connectivity index (χ0v) is 11.5. The van der Waals surface area contributed by atoms with Gasteiger partial charge in [-0.25, -0.2) is 9.67 Å². The van der Waals surface area contributed by atoms with Crippen molar-refractivity contribution >= 4 is 17.4 Å². The minimum Gasteiger partial charge on any atom is -0.484 e. The van der Waals surface area contributed by atoms with E-state index < -0.39 is 0 Å². The summed E-state index contributed by atoms with van der Waals surface area (Å²) in [5, 5.41) is 4.47. The molecule has 0 aliphatic carbocycles. The predicted molar refractivity (Wildman–Crippen MR) is 71.5 cm³/mol. The maximum Gasteiger partial charge on any atom is 0.164 e. The van der Waals surface area contributed by atoms with E-state index in [4.69, 9.17) is 16.3 Å². The lowest BCUT2D eigenvalue weighted by atomic mass is 10.1. The Morgan fingerprint density at radius 3 is 2.89 bits per heavy atom. The molecule has 6 heteroatoms. The molecule has 100 valence electrons. The summed E-state index contributed by atoms with van der Waals surface area (Å²) in [6, 6.07) is 4.98. The van der Waals surface area contributed by atoms with Crippen LogP contribution in [-0.4, -0.2) is 20.5 Å². The van der Waals surface area contributed by atoms with Gasteiger partial charge < -0.3 is 4.74 Å². The monoisotopic (exact) mass is 279 g/mol. The molecule has 0 saturated carbocycles. The van der Waals surface area contributed by atoms with Crippen molar-refractivity contribution in [2.45, 2.75) is 27.0 Å². The highest BCUT2D eigenvalue weighted by atomic mass is 35.5. The molecule has 0 radical (unpaired) electrons. The standard InChI is InChI=1S/C13H14ClN3O2/c1-3-17-13(15-8-16-17)7-19-12-5-4-10(9(2)18)6-11(12)14/h4-6,8H,3,7H2,1-2H3. The SMILES string of the molecule is CCn1ncnc1COc1ccc(C(C)=O)cc1Cl. The van der Waals surface area contributed by atoms with Crippen molar-refractivity contribution in [1.29, 1.82) is 0 Å². The summed E-state index contributed by atoms with van der Waals surface area (Å²) in [5.74, 6) is 1.23. The minimum atomic E-state index is -0.0285. The van der Waals surface area contributed by atoms with Gasteiger partial charge in [-0.3, -0.25) is 4.79 Å². The molecule has 2 rings (SSSR count). The maximum atomic E-state index is 11.2. The summed E-state index contributed by atoms with van der Waals surface area (Å²) in [6.45, 7) is 4.49. The van der Waals surface area contributed by atoms with E-state index >= 15 is 0 Å². The van der Waals surface area contributed by atoms with Crippen molar-refractivity contribution in [1.82, 2.24) is 14.8 Å². The number of halogens is 1. The van der Waals surface area contributed by atoms with Crippen LogP contribution in [0.3, 0.4) is 0 Å². The number of carbonyl (C=O) groups is 1. The fraction of sp³-hybridized carbons (Fsp3) is 0.308. The molecule has 2 aromatic rings. The number of ketones is 1. The van der Waals surface area contributed by atoms with Crippen molar-refractivity contribution in [3.05, 3.63) is 40.9 Å². The second kappa shape index (κ2) is 5.84. The zero-order chi connectivity index (χ0) is 13.8. The van der Waals surface area contributed by atoms with Crippen LogP contribution in [0, 0.1) is 0 Å². The van der Waals surface area contributed by atoms with Crippen LogP contribution >= 0.6 is 11.6 Å². The number of carbonyl (C=O) groups excluding carboxylic acids is 1. The van der Waals surface area contributed by atoms with Gasteiger partial charge in [0.1, 0.15) is 18.7 Å². The zero-order valence-electron chi connectivity index (χ0n) is 10.8. The molecule has 0 unspecified atom stereocenters. The Labute approximate surface area is 116 Å². The molecule has 0 saturated heterocycles. The summed E-state index contributed by atoms with van der Waals surface area (Å²) in [7, 11) is 0. The van der Waals surface area contributed by atoms with E-state index in [0.717, 1.165) is 12.4 Å². The average molecular weight is 280 g/mol. The van der Waals surface area contributed by atoms with Gasteiger partial charge in [0.25, 0.3) is 0 Å². The molecule has 5 nitrogen and oxygen atoms in total. The van der Waals surface area contributed by atoms with Gasteiger partial charge >= 0.3 is 0 Å². The van der Waals surface area contributed by atoms with E-state index in [2.05, 4.69) is 10.1 Å². The Morgan fingerprint density at radius 1 is 1.47 bits per heavy atom. The number of rotatable bonds is 5. The number of Topliss-reactive ketones (excluding diaryl/α,β-unsaturated/α-hetero) is 1. The van der Waals surface area contributed by atoms with Crippen LogP contribution in [-0.2, 0) is 13.2 Å². The molecule has 19 heavy (non-hydrogen) atoms. The molecule has 0 amide bonds. The van der Waals surface area contributed by atoms with E-state index in [9.17, 15) is 4.79 Å². The second-order valence-corrected chi connectivity index (χ2v) is 4.39. The number of aromatic nitrogens is 3. The molecule has 0 fully saturated rings. The van der Waals surface area contributed by atoms with Crippen molar-refractivity contribution in [2.75, 3.05) is 0 Å². The van der Waals surface area contributed by atoms with E-state index in [1.165, 1.54) is 13.3 Å². The lowest BCUT2D eigenvalue weighted by molar-refractivity contribution is 0.101. The summed E-state index contributed by atoms with van der Waals surface area (Å²) < 4.78 is 7.34. The first-order valence-electron chi connectivity index (χ1n) is 5.91. The fourth-order valence-electron chi connectivity index (χ4n) is 1.64. The molecule has 0 spiro atoms. The van der Waals surface area contributed by atoms with Gasteiger partial charge in [-0.15, -0.1) is 0 Å². The van der Waals surface area contributed by atoms with Crippen LogP contribution in [0.2, 0.25) is 5.02 Å². The fourth-order valence-corrected chi connectivity index (χ4v) is 1.88. The van der Waals surface area contributed by atoms with Crippen molar-refractivity contribution in [3.63, 3.8) is 0 Å². The third-order valence-corrected chi connectivity index (χ3v) is 2.99. The lowest BCUT2D eigenvalue weighted by Crippen LogP contribution is -2.07. The molecule has 1 aromatic heterocycles.